The van der Waals surface area contributed by atoms with Crippen molar-refractivity contribution < 1.29 is 9.53 Å². The van der Waals surface area contributed by atoms with Gasteiger partial charge < -0.3 is 10.1 Å². The molecule has 1 aromatic heterocycles. The lowest BCUT2D eigenvalue weighted by atomic mass is 9.92. The Morgan fingerprint density at radius 3 is 2.62 bits per heavy atom. The molecule has 1 aliphatic heterocycles. The molecule has 0 aliphatic carbocycles. The van der Waals surface area contributed by atoms with Crippen LogP contribution in [0.3, 0.4) is 0 Å². The summed E-state index contributed by atoms with van der Waals surface area (Å²) in [5, 5.41) is 7.63. The van der Waals surface area contributed by atoms with E-state index in [0.29, 0.717) is 24.0 Å². The van der Waals surface area contributed by atoms with Gasteiger partial charge in [0.2, 0.25) is 5.95 Å². The van der Waals surface area contributed by atoms with Crippen molar-refractivity contribution >= 4 is 11.9 Å². The van der Waals surface area contributed by atoms with E-state index in [1.54, 1.807) is 4.68 Å². The molecule has 0 saturated carbocycles. The highest BCUT2D eigenvalue weighted by Gasteiger charge is 2.35. The lowest BCUT2D eigenvalue weighted by molar-refractivity contribution is -0.139. The summed E-state index contributed by atoms with van der Waals surface area (Å²) in [5.41, 5.74) is 3.74. The summed E-state index contributed by atoms with van der Waals surface area (Å²) >= 11 is 0. The van der Waals surface area contributed by atoms with E-state index in [2.05, 4.69) is 60.4 Å². The van der Waals surface area contributed by atoms with Gasteiger partial charge in [-0.25, -0.2) is 9.48 Å². The highest BCUT2D eigenvalue weighted by atomic mass is 16.5. The smallest absolute Gasteiger partial charge is 0.338 e. The van der Waals surface area contributed by atoms with Crippen molar-refractivity contribution in [1.82, 2.24) is 14.8 Å². The average Bonchev–Trinajstić information content (AvgIpc) is 3.09. The van der Waals surface area contributed by atoms with Gasteiger partial charge in [-0.3, -0.25) is 0 Å². The number of nitrogens with one attached hydrogen (secondary N) is 1. The van der Waals surface area contributed by atoms with Crippen molar-refractivity contribution in [3.63, 3.8) is 0 Å². The Bertz CT molecular complexity index is 805. The molecule has 0 saturated heterocycles. The Morgan fingerprint density at radius 2 is 2.00 bits per heavy atom. The molecule has 0 unspecified atom stereocenters. The maximum atomic E-state index is 12.8. The molecule has 0 bridgehead atoms. The first kappa shape index (κ1) is 18.2. The molecule has 1 N–H and O–H groups in total. The Kier molecular flexibility index (Phi) is 5.40. The van der Waals surface area contributed by atoms with Crippen LogP contribution in [-0.4, -0.2) is 27.3 Å². The number of allylic oxidation sites excluding steroid dienone is 1. The number of benzene rings is 1. The van der Waals surface area contributed by atoms with E-state index in [4.69, 9.17) is 4.74 Å². The van der Waals surface area contributed by atoms with Gasteiger partial charge >= 0.3 is 5.97 Å². The van der Waals surface area contributed by atoms with Crippen LogP contribution < -0.4 is 5.32 Å². The van der Waals surface area contributed by atoms with Gasteiger partial charge in [0, 0.05) is 5.70 Å². The Hall–Kier alpha value is -2.63. The number of carbonyl (C=O) groups is 1. The fraction of sp³-hybridized carbons (Fsp3) is 0.450. The van der Waals surface area contributed by atoms with E-state index in [1.165, 1.54) is 11.9 Å². The van der Waals surface area contributed by atoms with Crippen LogP contribution >= 0.6 is 0 Å². The first-order valence-electron chi connectivity index (χ1n) is 9.23. The van der Waals surface area contributed by atoms with Gasteiger partial charge in [-0.05, 0) is 30.4 Å². The summed E-state index contributed by atoms with van der Waals surface area (Å²) in [6, 6.07) is 8.02. The second-order valence-corrected chi connectivity index (χ2v) is 6.74. The quantitative estimate of drug-likeness (QED) is 0.793. The fourth-order valence-electron chi connectivity index (χ4n) is 3.28. The van der Waals surface area contributed by atoms with E-state index < -0.39 is 0 Å². The topological polar surface area (TPSA) is 69.0 Å². The number of esters is 1. The van der Waals surface area contributed by atoms with Crippen LogP contribution in [0.5, 0.6) is 0 Å². The summed E-state index contributed by atoms with van der Waals surface area (Å²) in [4.78, 5) is 17.1. The Labute approximate surface area is 154 Å². The molecule has 1 aliphatic rings. The van der Waals surface area contributed by atoms with Crippen molar-refractivity contribution in [2.45, 2.75) is 52.5 Å². The zero-order valence-corrected chi connectivity index (χ0v) is 15.8. The van der Waals surface area contributed by atoms with Gasteiger partial charge in [-0.15, -0.1) is 0 Å². The molecular formula is C20H26N4O2. The van der Waals surface area contributed by atoms with Crippen molar-refractivity contribution in [2.75, 3.05) is 11.9 Å². The molecule has 138 valence electrons. The van der Waals surface area contributed by atoms with E-state index in [-0.39, 0.29) is 12.0 Å². The number of aromatic nitrogens is 3. The standard InChI is InChI=1S/C20H26N4O2/c1-5-7-16-17(19(25)26-6-2)18(24-20(23-16)21-12-22-24)15-10-8-14(9-11-15)13(3)4/h8-13,18H,5-7H2,1-4H3,(H,21,22,23)/t18-/m0/s1. The number of hydrogen-bond acceptors (Lipinski definition) is 5. The van der Waals surface area contributed by atoms with Gasteiger partial charge in [0.1, 0.15) is 12.4 Å². The van der Waals surface area contributed by atoms with Crippen LogP contribution in [0.1, 0.15) is 63.6 Å². The van der Waals surface area contributed by atoms with E-state index in [1.807, 2.05) is 6.92 Å². The van der Waals surface area contributed by atoms with Gasteiger partial charge in [0.15, 0.2) is 0 Å². The van der Waals surface area contributed by atoms with Crippen molar-refractivity contribution in [2.24, 2.45) is 0 Å². The molecule has 2 aromatic rings. The second kappa shape index (κ2) is 7.72. The normalized spacial score (nSPS) is 16.4. The molecule has 2 heterocycles. The predicted octanol–water partition coefficient (Wildman–Crippen LogP) is 4.03. The minimum atomic E-state index is -0.337. The second-order valence-electron chi connectivity index (χ2n) is 6.74. The van der Waals surface area contributed by atoms with E-state index >= 15 is 0 Å². The van der Waals surface area contributed by atoms with Crippen LogP contribution in [0.15, 0.2) is 41.9 Å². The number of hydrogen-bond donors (Lipinski definition) is 1. The number of nitrogens with zero attached hydrogens (tertiary/aromatic N) is 3. The van der Waals surface area contributed by atoms with Crippen LogP contribution in [0.4, 0.5) is 5.95 Å². The fourth-order valence-corrected chi connectivity index (χ4v) is 3.28. The van der Waals surface area contributed by atoms with Gasteiger partial charge in [0.25, 0.3) is 0 Å². The first-order chi connectivity index (χ1) is 12.6. The maximum Gasteiger partial charge on any atom is 0.338 e. The van der Waals surface area contributed by atoms with Crippen LogP contribution in [0, 0.1) is 0 Å². The third-order valence-corrected chi connectivity index (χ3v) is 4.59. The minimum absolute atomic E-state index is 0.303. The SMILES string of the molecule is CCCC1=C(C(=O)OCC)[C@H](c2ccc(C(C)C)cc2)n2ncnc2N1. The number of rotatable bonds is 6. The molecule has 3 rings (SSSR count). The van der Waals surface area contributed by atoms with Gasteiger partial charge in [-0.2, -0.15) is 10.1 Å². The van der Waals surface area contributed by atoms with Crippen molar-refractivity contribution in [3.8, 4) is 0 Å². The third kappa shape index (κ3) is 3.36. The highest BCUT2D eigenvalue weighted by Crippen LogP contribution is 2.37. The molecule has 0 spiro atoms. The number of carbonyl (C=O) groups excluding carboxylic acids is 1. The number of anilines is 1. The molecule has 1 aromatic carbocycles. The summed E-state index contributed by atoms with van der Waals surface area (Å²) in [5.74, 6) is 0.802. The molecule has 1 atom stereocenters. The highest BCUT2D eigenvalue weighted by molar-refractivity contribution is 5.92. The van der Waals surface area contributed by atoms with Gasteiger partial charge in [-0.1, -0.05) is 51.5 Å². The zero-order chi connectivity index (χ0) is 18.7. The predicted molar refractivity (Wildman–Crippen MR) is 101 cm³/mol. The summed E-state index contributed by atoms with van der Waals surface area (Å²) < 4.78 is 7.12. The minimum Gasteiger partial charge on any atom is -0.463 e. The monoisotopic (exact) mass is 354 g/mol. The molecule has 6 heteroatoms. The molecule has 6 nitrogen and oxygen atoms in total. The van der Waals surface area contributed by atoms with Gasteiger partial charge in [0.05, 0.1) is 12.2 Å². The average molecular weight is 354 g/mol. The van der Waals surface area contributed by atoms with Crippen LogP contribution in [0.2, 0.25) is 0 Å². The Balaban J connectivity index is 2.12. The Morgan fingerprint density at radius 1 is 1.27 bits per heavy atom. The third-order valence-electron chi connectivity index (χ3n) is 4.59. The number of fused-ring (bicyclic) bond motifs is 1. The zero-order valence-electron chi connectivity index (χ0n) is 15.8. The molecule has 0 fully saturated rings. The first-order valence-corrected chi connectivity index (χ1v) is 9.23. The number of ether oxygens (including phenoxy) is 1. The largest absolute Gasteiger partial charge is 0.463 e. The van der Waals surface area contributed by atoms with E-state index in [0.717, 1.165) is 24.1 Å². The summed E-state index contributed by atoms with van der Waals surface area (Å²) in [7, 11) is 0. The molecule has 26 heavy (non-hydrogen) atoms. The van der Waals surface area contributed by atoms with Crippen molar-refractivity contribution in [1.29, 1.82) is 0 Å². The molecule has 0 radical (unpaired) electrons. The van der Waals surface area contributed by atoms with E-state index in [9.17, 15) is 4.79 Å². The molecular weight excluding hydrogens is 328 g/mol. The molecule has 0 amide bonds. The van der Waals surface area contributed by atoms with Crippen LogP contribution in [-0.2, 0) is 9.53 Å². The van der Waals surface area contributed by atoms with Crippen LogP contribution in [0.25, 0.3) is 0 Å². The summed E-state index contributed by atoms with van der Waals surface area (Å²) in [6.45, 7) is 8.58. The van der Waals surface area contributed by atoms with Crippen molar-refractivity contribution in [3.05, 3.63) is 53.0 Å². The lowest BCUT2D eigenvalue weighted by Gasteiger charge is -2.29. The lowest BCUT2D eigenvalue weighted by Crippen LogP contribution is -2.30. The maximum absolute atomic E-state index is 12.8. The summed E-state index contributed by atoms with van der Waals surface area (Å²) in [6.07, 6.45) is 3.18.